The van der Waals surface area contributed by atoms with Crippen LogP contribution in [0.4, 0.5) is 5.69 Å². The number of benzene rings is 2. The van der Waals surface area contributed by atoms with E-state index in [1.807, 2.05) is 0 Å². The molecule has 23 heavy (non-hydrogen) atoms. The molecular weight excluding hydrogens is 343 g/mol. The minimum absolute atomic E-state index is 0.129. The molecule has 0 saturated heterocycles. The van der Waals surface area contributed by atoms with Crippen molar-refractivity contribution in [1.82, 2.24) is 14.4 Å². The van der Waals surface area contributed by atoms with Crippen LogP contribution >= 0.6 is 23.2 Å². The molecule has 1 N–H and O–H groups in total. The van der Waals surface area contributed by atoms with Crippen molar-refractivity contribution in [3.05, 3.63) is 60.8 Å². The lowest BCUT2D eigenvalue weighted by Crippen LogP contribution is -2.14. The molecule has 0 radical (unpaired) electrons. The van der Waals surface area contributed by atoms with E-state index < -0.39 is 4.92 Å². The first-order valence-corrected chi connectivity index (χ1v) is 7.19. The molecule has 0 aliphatic carbocycles. The monoisotopic (exact) mass is 348 g/mol. The topological polar surface area (TPSA) is 93.3 Å². The number of fused-ring (bicyclic) bond motifs is 4. The summed E-state index contributed by atoms with van der Waals surface area (Å²) in [5.74, 6) is 0.260. The second-order valence-corrected chi connectivity index (χ2v) is 5.76. The van der Waals surface area contributed by atoms with Crippen molar-refractivity contribution in [3.63, 3.8) is 0 Å². The van der Waals surface area contributed by atoms with Gasteiger partial charge in [-0.25, -0.2) is 9.38 Å². The predicted octanol–water partition coefficient (Wildman–Crippen LogP) is 3.54. The van der Waals surface area contributed by atoms with Crippen LogP contribution in [0.5, 0.6) is 0 Å². The maximum atomic E-state index is 12.7. The molecule has 2 aromatic heterocycles. The van der Waals surface area contributed by atoms with Gasteiger partial charge in [0.05, 0.1) is 36.9 Å². The lowest BCUT2D eigenvalue weighted by molar-refractivity contribution is -0.384. The van der Waals surface area contributed by atoms with E-state index in [1.165, 1.54) is 22.6 Å². The van der Waals surface area contributed by atoms with E-state index in [-0.39, 0.29) is 27.9 Å². The number of aromatic nitrogens is 3. The van der Waals surface area contributed by atoms with Crippen LogP contribution in [0, 0.1) is 10.1 Å². The average Bonchev–Trinajstić information content (AvgIpc) is 2.84. The Morgan fingerprint density at radius 3 is 2.65 bits per heavy atom. The minimum Gasteiger partial charge on any atom is -0.323 e. The Balaban J connectivity index is 2.19. The number of H-pyrrole nitrogens is 1. The van der Waals surface area contributed by atoms with Gasteiger partial charge in [0.1, 0.15) is 0 Å². The van der Waals surface area contributed by atoms with E-state index >= 15 is 0 Å². The van der Waals surface area contributed by atoms with Gasteiger partial charge in [-0.05, 0) is 18.2 Å². The van der Waals surface area contributed by atoms with Crippen LogP contribution in [0.15, 0.2) is 35.1 Å². The maximum Gasteiger partial charge on any atom is 0.271 e. The Morgan fingerprint density at radius 1 is 1.17 bits per heavy atom. The molecule has 0 bridgehead atoms. The largest absolute Gasteiger partial charge is 0.323 e. The quantitative estimate of drug-likeness (QED) is 0.420. The van der Waals surface area contributed by atoms with E-state index in [9.17, 15) is 14.9 Å². The van der Waals surface area contributed by atoms with Gasteiger partial charge in [-0.3, -0.25) is 14.9 Å². The predicted molar refractivity (Wildman–Crippen MR) is 87.5 cm³/mol. The molecule has 0 aliphatic heterocycles. The third-order valence-electron chi connectivity index (χ3n) is 3.59. The van der Waals surface area contributed by atoms with E-state index in [1.54, 1.807) is 12.1 Å². The number of nitrogens with one attached hydrogen (secondary N) is 1. The van der Waals surface area contributed by atoms with Gasteiger partial charge in [-0.15, -0.1) is 0 Å². The van der Waals surface area contributed by atoms with Crippen molar-refractivity contribution in [2.24, 2.45) is 0 Å². The summed E-state index contributed by atoms with van der Waals surface area (Å²) in [6.45, 7) is 0. The van der Waals surface area contributed by atoms with Crippen molar-refractivity contribution >= 4 is 56.6 Å². The third-order valence-corrected chi connectivity index (χ3v) is 4.31. The summed E-state index contributed by atoms with van der Waals surface area (Å²) in [4.78, 5) is 30.3. The van der Waals surface area contributed by atoms with E-state index in [0.717, 1.165) is 0 Å². The number of halogens is 2. The number of nitrogens with zero attached hydrogens (tertiary/aromatic N) is 3. The van der Waals surface area contributed by atoms with Crippen LogP contribution < -0.4 is 5.56 Å². The highest BCUT2D eigenvalue weighted by Crippen LogP contribution is 2.28. The Kier molecular flexibility index (Phi) is 2.84. The fraction of sp³-hybridized carbons (Fsp3) is 0. The summed E-state index contributed by atoms with van der Waals surface area (Å²) in [6, 6.07) is 7.10. The number of nitro benzene ring substituents is 1. The van der Waals surface area contributed by atoms with E-state index in [2.05, 4.69) is 9.97 Å². The normalized spacial score (nSPS) is 11.6. The highest BCUT2D eigenvalue weighted by molar-refractivity contribution is 6.42. The maximum absolute atomic E-state index is 12.7. The van der Waals surface area contributed by atoms with Gasteiger partial charge < -0.3 is 4.98 Å². The first-order chi connectivity index (χ1) is 11.0. The van der Waals surface area contributed by atoms with Crippen LogP contribution in [0.25, 0.3) is 27.7 Å². The average molecular weight is 349 g/mol. The molecular formula is C14H6Cl2N4O3. The molecule has 114 valence electrons. The van der Waals surface area contributed by atoms with Gasteiger partial charge in [0, 0.05) is 12.1 Å². The number of nitro groups is 1. The van der Waals surface area contributed by atoms with Crippen LogP contribution in [-0.2, 0) is 0 Å². The number of non-ortho nitro benzene ring substituents is 1. The Labute approximate surface area is 137 Å². The fourth-order valence-electron chi connectivity index (χ4n) is 2.54. The summed E-state index contributed by atoms with van der Waals surface area (Å²) in [7, 11) is 0. The Morgan fingerprint density at radius 2 is 1.91 bits per heavy atom. The lowest BCUT2D eigenvalue weighted by atomic mass is 10.2. The number of imidazole rings is 1. The molecule has 7 nitrogen and oxygen atoms in total. The van der Waals surface area contributed by atoms with Crippen molar-refractivity contribution in [1.29, 1.82) is 0 Å². The molecule has 9 heteroatoms. The fourth-order valence-corrected chi connectivity index (χ4v) is 2.86. The standard InChI is InChI=1S/C14H6Cl2N4O3/c15-8-4-11-12(5-9(8)16)19-13(21)7-2-1-6(20(22)23)3-10(7)17-14(19)18-11/h1-5H,(H,17,18). The van der Waals surface area contributed by atoms with E-state index in [4.69, 9.17) is 23.2 Å². The zero-order valence-corrected chi connectivity index (χ0v) is 12.7. The smallest absolute Gasteiger partial charge is 0.271 e. The molecule has 0 spiro atoms. The summed E-state index contributed by atoms with van der Waals surface area (Å²) < 4.78 is 1.37. The molecule has 0 amide bonds. The van der Waals surface area contributed by atoms with Crippen molar-refractivity contribution < 1.29 is 4.92 Å². The summed E-state index contributed by atoms with van der Waals surface area (Å²) in [6.07, 6.45) is 0. The lowest BCUT2D eigenvalue weighted by Gasteiger charge is -2.00. The first kappa shape index (κ1) is 14.0. The van der Waals surface area contributed by atoms with Crippen LogP contribution in [-0.4, -0.2) is 19.3 Å². The molecule has 0 unspecified atom stereocenters. The molecule has 0 aliphatic rings. The van der Waals surface area contributed by atoms with Gasteiger partial charge >= 0.3 is 0 Å². The first-order valence-electron chi connectivity index (χ1n) is 6.43. The van der Waals surface area contributed by atoms with Gasteiger partial charge in [-0.1, -0.05) is 23.2 Å². The van der Waals surface area contributed by atoms with Crippen LogP contribution in [0.2, 0.25) is 10.0 Å². The SMILES string of the molecule is O=c1c2ccc([N+](=O)[O-])cc2nc2[nH]c3cc(Cl)c(Cl)cc3n12. The second-order valence-electron chi connectivity index (χ2n) is 4.94. The molecule has 0 fully saturated rings. The van der Waals surface area contributed by atoms with E-state index in [0.29, 0.717) is 21.1 Å². The molecule has 0 saturated carbocycles. The van der Waals surface area contributed by atoms with Crippen molar-refractivity contribution in [2.45, 2.75) is 0 Å². The number of hydrogen-bond acceptors (Lipinski definition) is 4. The number of hydrogen-bond donors (Lipinski definition) is 1. The highest BCUT2D eigenvalue weighted by atomic mass is 35.5. The summed E-state index contributed by atoms with van der Waals surface area (Å²) in [5, 5.41) is 11.8. The van der Waals surface area contributed by atoms with Gasteiger partial charge in [0.2, 0.25) is 5.78 Å². The minimum atomic E-state index is -0.534. The molecule has 2 heterocycles. The second kappa shape index (κ2) is 4.68. The Hall–Kier alpha value is -2.64. The van der Waals surface area contributed by atoms with Gasteiger partial charge in [0.25, 0.3) is 11.2 Å². The third kappa shape index (κ3) is 1.97. The molecule has 2 aromatic carbocycles. The summed E-state index contributed by atoms with van der Waals surface area (Å²) in [5.41, 5.74) is 0.898. The van der Waals surface area contributed by atoms with Crippen LogP contribution in [0.3, 0.4) is 0 Å². The number of aromatic amines is 1. The number of rotatable bonds is 1. The summed E-state index contributed by atoms with van der Waals surface area (Å²) >= 11 is 12.0. The van der Waals surface area contributed by atoms with Crippen LogP contribution in [0.1, 0.15) is 0 Å². The van der Waals surface area contributed by atoms with Gasteiger partial charge in [-0.2, -0.15) is 0 Å². The molecule has 4 rings (SSSR count). The molecule has 4 aromatic rings. The molecule has 0 atom stereocenters. The van der Waals surface area contributed by atoms with Crippen molar-refractivity contribution in [2.75, 3.05) is 0 Å². The zero-order chi connectivity index (χ0) is 16.3. The zero-order valence-electron chi connectivity index (χ0n) is 11.2. The van der Waals surface area contributed by atoms with Crippen molar-refractivity contribution in [3.8, 4) is 0 Å². The Bertz CT molecular complexity index is 1200. The van der Waals surface area contributed by atoms with Gasteiger partial charge in [0.15, 0.2) is 0 Å². The highest BCUT2D eigenvalue weighted by Gasteiger charge is 2.15.